The van der Waals surface area contributed by atoms with E-state index in [-0.39, 0.29) is 12.0 Å². The van der Waals surface area contributed by atoms with Crippen molar-refractivity contribution in [3.8, 4) is 0 Å². The minimum atomic E-state index is -1.32. The van der Waals surface area contributed by atoms with E-state index in [1.807, 2.05) is 0 Å². The minimum Gasteiger partial charge on any atom is -0.390 e. The zero-order valence-electron chi connectivity index (χ0n) is 12.6. The summed E-state index contributed by atoms with van der Waals surface area (Å²) >= 11 is 0. The van der Waals surface area contributed by atoms with Gasteiger partial charge in [0, 0.05) is 12.0 Å². The summed E-state index contributed by atoms with van der Waals surface area (Å²) < 4.78 is 14.1. The molecule has 0 aliphatic heterocycles. The van der Waals surface area contributed by atoms with Crippen molar-refractivity contribution in [3.05, 3.63) is 71.0 Å². The van der Waals surface area contributed by atoms with Gasteiger partial charge in [-0.15, -0.1) is 0 Å². The van der Waals surface area contributed by atoms with Gasteiger partial charge in [-0.25, -0.2) is 4.39 Å². The summed E-state index contributed by atoms with van der Waals surface area (Å²) in [5, 5.41) is 19.8. The number of hydrogen-bond acceptors (Lipinski definition) is 3. The Morgan fingerprint density at radius 2 is 1.82 bits per heavy atom. The maximum absolute atomic E-state index is 14.1. The van der Waals surface area contributed by atoms with Crippen LogP contribution < -0.4 is 0 Å². The molecule has 0 aliphatic rings. The molecule has 0 radical (unpaired) electrons. The van der Waals surface area contributed by atoms with E-state index in [1.54, 1.807) is 44.2 Å². The third kappa shape index (κ3) is 4.00. The number of hydrogen-bond donors (Lipinski definition) is 2. The number of rotatable bonds is 5. The summed E-state index contributed by atoms with van der Waals surface area (Å²) in [7, 11) is 0. The van der Waals surface area contributed by atoms with Crippen molar-refractivity contribution in [3.63, 3.8) is 0 Å². The SMILES string of the molecule is CC(C)(O)Cc1ccc(C(=O)C(O)c2ccccc2)cc1F. The molecule has 1 atom stereocenters. The van der Waals surface area contributed by atoms with Crippen molar-refractivity contribution in [1.82, 2.24) is 0 Å². The minimum absolute atomic E-state index is 0.105. The summed E-state index contributed by atoms with van der Waals surface area (Å²) in [6.07, 6.45) is -1.17. The van der Waals surface area contributed by atoms with Gasteiger partial charge in [0.15, 0.2) is 5.78 Å². The lowest BCUT2D eigenvalue weighted by molar-refractivity contribution is 0.0747. The van der Waals surface area contributed by atoms with Crippen LogP contribution in [0.1, 0.15) is 41.4 Å². The normalized spacial score (nSPS) is 13.0. The molecule has 0 spiro atoms. The molecule has 0 bridgehead atoms. The predicted molar refractivity (Wildman–Crippen MR) is 82.1 cm³/mol. The zero-order valence-corrected chi connectivity index (χ0v) is 12.6. The Hall–Kier alpha value is -2.04. The Bertz CT molecular complexity index is 660. The predicted octanol–water partition coefficient (Wildman–Crippen LogP) is 3.06. The van der Waals surface area contributed by atoms with Crippen LogP contribution >= 0.6 is 0 Å². The second kappa shape index (κ2) is 6.38. The molecule has 0 fully saturated rings. The molecule has 2 rings (SSSR count). The van der Waals surface area contributed by atoms with Gasteiger partial charge in [-0.05, 0) is 31.0 Å². The molecular weight excluding hydrogens is 283 g/mol. The van der Waals surface area contributed by atoms with Crippen LogP contribution in [-0.2, 0) is 6.42 Å². The van der Waals surface area contributed by atoms with Gasteiger partial charge in [0.2, 0.25) is 0 Å². The molecule has 0 saturated heterocycles. The number of aliphatic hydroxyl groups is 2. The quantitative estimate of drug-likeness (QED) is 0.835. The fourth-order valence-electron chi connectivity index (χ4n) is 2.25. The lowest BCUT2D eigenvalue weighted by Gasteiger charge is -2.18. The highest BCUT2D eigenvalue weighted by molar-refractivity contribution is 5.99. The fraction of sp³-hybridized carbons (Fsp3) is 0.278. The molecular formula is C18H19FO3. The van der Waals surface area contributed by atoms with E-state index in [0.717, 1.165) is 6.07 Å². The summed E-state index contributed by atoms with van der Waals surface area (Å²) in [6, 6.07) is 12.6. The first-order valence-electron chi connectivity index (χ1n) is 7.06. The third-order valence-corrected chi connectivity index (χ3v) is 3.32. The van der Waals surface area contributed by atoms with E-state index < -0.39 is 23.3 Å². The van der Waals surface area contributed by atoms with Gasteiger partial charge in [-0.2, -0.15) is 0 Å². The van der Waals surface area contributed by atoms with Crippen molar-refractivity contribution >= 4 is 5.78 Å². The van der Waals surface area contributed by atoms with Crippen molar-refractivity contribution in [1.29, 1.82) is 0 Å². The van der Waals surface area contributed by atoms with Crippen LogP contribution in [0.4, 0.5) is 4.39 Å². The van der Waals surface area contributed by atoms with Gasteiger partial charge >= 0.3 is 0 Å². The first-order chi connectivity index (χ1) is 10.3. The number of Topliss-reactive ketones (excluding diaryl/α,β-unsaturated/α-hetero) is 1. The zero-order chi connectivity index (χ0) is 16.3. The number of ketones is 1. The topological polar surface area (TPSA) is 57.5 Å². The highest BCUT2D eigenvalue weighted by Gasteiger charge is 2.21. The van der Waals surface area contributed by atoms with Gasteiger partial charge in [0.05, 0.1) is 5.60 Å². The molecule has 2 N–H and O–H groups in total. The molecule has 1 unspecified atom stereocenters. The molecule has 2 aromatic carbocycles. The summed E-state index contributed by atoms with van der Waals surface area (Å²) in [5.41, 5.74) is -0.129. The van der Waals surface area contributed by atoms with Crippen LogP contribution in [0.2, 0.25) is 0 Å². The highest BCUT2D eigenvalue weighted by atomic mass is 19.1. The van der Waals surface area contributed by atoms with E-state index in [4.69, 9.17) is 0 Å². The second-order valence-corrected chi connectivity index (χ2v) is 5.97. The number of aliphatic hydroxyl groups excluding tert-OH is 1. The van der Waals surface area contributed by atoms with Crippen molar-refractivity contribution in [2.75, 3.05) is 0 Å². The largest absolute Gasteiger partial charge is 0.390 e. The number of carbonyl (C=O) groups excluding carboxylic acids is 1. The van der Waals surface area contributed by atoms with Crippen molar-refractivity contribution < 1.29 is 19.4 Å². The number of halogens is 1. The first-order valence-corrected chi connectivity index (χ1v) is 7.06. The molecule has 2 aromatic rings. The van der Waals surface area contributed by atoms with E-state index >= 15 is 0 Å². The Labute approximate surface area is 129 Å². The summed E-state index contributed by atoms with van der Waals surface area (Å²) in [6.45, 7) is 3.18. The van der Waals surface area contributed by atoms with E-state index in [1.165, 1.54) is 12.1 Å². The van der Waals surface area contributed by atoms with Crippen LogP contribution in [0.15, 0.2) is 48.5 Å². The van der Waals surface area contributed by atoms with Crippen LogP contribution in [0.25, 0.3) is 0 Å². The fourth-order valence-corrected chi connectivity index (χ4v) is 2.25. The Kier molecular flexibility index (Phi) is 4.74. The van der Waals surface area contributed by atoms with Crippen LogP contribution in [0, 0.1) is 5.82 Å². The maximum atomic E-state index is 14.1. The van der Waals surface area contributed by atoms with Crippen LogP contribution in [0.3, 0.4) is 0 Å². The molecule has 3 nitrogen and oxygen atoms in total. The third-order valence-electron chi connectivity index (χ3n) is 3.32. The van der Waals surface area contributed by atoms with Gasteiger partial charge in [-0.3, -0.25) is 4.79 Å². The van der Waals surface area contributed by atoms with Gasteiger partial charge < -0.3 is 10.2 Å². The monoisotopic (exact) mass is 302 g/mol. The Morgan fingerprint density at radius 1 is 1.18 bits per heavy atom. The van der Waals surface area contributed by atoms with Crippen LogP contribution in [-0.4, -0.2) is 21.6 Å². The molecule has 22 heavy (non-hydrogen) atoms. The second-order valence-electron chi connectivity index (χ2n) is 5.97. The molecule has 4 heteroatoms. The molecule has 0 saturated carbocycles. The number of benzene rings is 2. The summed E-state index contributed by atoms with van der Waals surface area (Å²) in [4.78, 5) is 12.2. The number of carbonyl (C=O) groups is 1. The van der Waals surface area contributed by atoms with Crippen molar-refractivity contribution in [2.24, 2.45) is 0 Å². The first kappa shape index (κ1) is 16.3. The van der Waals surface area contributed by atoms with Crippen LogP contribution in [0.5, 0.6) is 0 Å². The highest BCUT2D eigenvalue weighted by Crippen LogP contribution is 2.22. The van der Waals surface area contributed by atoms with E-state index in [2.05, 4.69) is 0 Å². The standard InChI is InChI=1S/C18H19FO3/c1-18(2,22)11-14-9-8-13(10-15(14)19)17(21)16(20)12-6-4-3-5-7-12/h3-10,16,20,22H,11H2,1-2H3. The Morgan fingerprint density at radius 3 is 2.36 bits per heavy atom. The van der Waals surface area contributed by atoms with Gasteiger partial charge in [-0.1, -0.05) is 42.5 Å². The molecule has 0 heterocycles. The van der Waals surface area contributed by atoms with E-state index in [0.29, 0.717) is 11.1 Å². The summed E-state index contributed by atoms with van der Waals surface area (Å²) in [5.74, 6) is -1.12. The van der Waals surface area contributed by atoms with Gasteiger partial charge in [0.1, 0.15) is 11.9 Å². The van der Waals surface area contributed by atoms with Gasteiger partial charge in [0.25, 0.3) is 0 Å². The average Bonchev–Trinajstić information content (AvgIpc) is 2.47. The van der Waals surface area contributed by atoms with E-state index in [9.17, 15) is 19.4 Å². The molecule has 0 aromatic heterocycles. The maximum Gasteiger partial charge on any atom is 0.195 e. The smallest absolute Gasteiger partial charge is 0.195 e. The molecule has 0 aliphatic carbocycles. The lowest BCUT2D eigenvalue weighted by atomic mass is 9.95. The Balaban J connectivity index is 2.23. The van der Waals surface area contributed by atoms with Crippen molar-refractivity contribution in [2.45, 2.75) is 32.0 Å². The molecule has 116 valence electrons. The average molecular weight is 302 g/mol. The lowest BCUT2D eigenvalue weighted by Crippen LogP contribution is -2.22. The molecule has 0 amide bonds.